The number of nitrogens with one attached hydrogen (secondary N) is 1. The molecule has 38 heavy (non-hydrogen) atoms. The van der Waals surface area contributed by atoms with Crippen LogP contribution in [0.25, 0.3) is 0 Å². The average Bonchev–Trinajstić information content (AvgIpc) is 3.39. The largest absolute Gasteiger partial charge is 0.489 e. The van der Waals surface area contributed by atoms with E-state index >= 15 is 0 Å². The van der Waals surface area contributed by atoms with Crippen LogP contribution in [0.2, 0.25) is 5.02 Å². The van der Waals surface area contributed by atoms with Crippen molar-refractivity contribution < 1.29 is 18.7 Å². The molecule has 11 heteroatoms. The Balaban J connectivity index is 1.44. The highest BCUT2D eigenvalue weighted by atomic mass is 79.9. The summed E-state index contributed by atoms with van der Waals surface area (Å²) in [6, 6.07) is 18.1. The number of nitrogens with zero attached hydrogens (tertiary/aromatic N) is 1. The van der Waals surface area contributed by atoms with E-state index < -0.39 is 34.7 Å². The van der Waals surface area contributed by atoms with Gasteiger partial charge in [0.25, 0.3) is 0 Å². The average molecular weight is 632 g/mol. The van der Waals surface area contributed by atoms with Gasteiger partial charge in [-0.15, -0.1) is 0 Å². The lowest BCUT2D eigenvalue weighted by Gasteiger charge is -2.31. The zero-order chi connectivity index (χ0) is 26.6. The molecule has 2 aliphatic rings. The van der Waals surface area contributed by atoms with Crippen LogP contribution >= 0.6 is 50.6 Å². The fourth-order valence-electron chi connectivity index (χ4n) is 4.83. The highest BCUT2D eigenvalue weighted by Crippen LogP contribution is 2.54. The molecule has 6 nitrogen and oxygen atoms in total. The molecule has 4 aromatic rings. The number of halogens is 3. The number of anilines is 1. The third-order valence-corrected chi connectivity index (χ3v) is 9.67. The maximum atomic E-state index is 13.9. The van der Waals surface area contributed by atoms with Crippen LogP contribution in [-0.4, -0.2) is 22.0 Å². The summed E-state index contributed by atoms with van der Waals surface area (Å²) in [5.41, 5.74) is 1.89. The van der Waals surface area contributed by atoms with Crippen molar-refractivity contribution >= 4 is 68.1 Å². The number of carbonyl (C=O) groups is 2. The van der Waals surface area contributed by atoms with Gasteiger partial charge in [0.2, 0.25) is 11.8 Å². The van der Waals surface area contributed by atoms with Gasteiger partial charge >= 0.3 is 4.87 Å². The van der Waals surface area contributed by atoms with Crippen LogP contribution in [0.15, 0.2) is 81.0 Å². The quantitative estimate of drug-likeness (QED) is 0.259. The van der Waals surface area contributed by atoms with Gasteiger partial charge in [0.15, 0.2) is 0 Å². The number of amides is 2. The first-order valence-electron chi connectivity index (χ1n) is 11.5. The number of thiazole rings is 1. The van der Waals surface area contributed by atoms with Crippen LogP contribution in [0.1, 0.15) is 21.9 Å². The van der Waals surface area contributed by atoms with Crippen molar-refractivity contribution in [1.82, 2.24) is 4.98 Å². The molecule has 2 amide bonds. The van der Waals surface area contributed by atoms with Crippen molar-refractivity contribution in [3.8, 4) is 5.75 Å². The summed E-state index contributed by atoms with van der Waals surface area (Å²) in [6.45, 7) is 0.256. The zero-order valence-electron chi connectivity index (χ0n) is 19.3. The van der Waals surface area contributed by atoms with Crippen LogP contribution in [-0.2, 0) is 16.2 Å². The first kappa shape index (κ1) is 25.4. The maximum Gasteiger partial charge on any atom is 0.305 e. The smallest absolute Gasteiger partial charge is 0.305 e. The van der Waals surface area contributed by atoms with Crippen molar-refractivity contribution in [1.29, 1.82) is 0 Å². The number of aromatic amines is 1. The number of H-pyrrole nitrogens is 1. The van der Waals surface area contributed by atoms with Crippen molar-refractivity contribution in [3.63, 3.8) is 0 Å². The second kappa shape index (κ2) is 10.00. The molecule has 0 bridgehead atoms. The molecule has 1 N–H and O–H groups in total. The molecule has 1 aromatic heterocycles. The predicted octanol–water partition coefficient (Wildman–Crippen LogP) is 6.37. The molecule has 0 spiro atoms. The van der Waals surface area contributed by atoms with Crippen LogP contribution in [0.5, 0.6) is 5.75 Å². The highest BCUT2D eigenvalue weighted by Gasteiger charge is 2.56. The minimum Gasteiger partial charge on any atom is -0.489 e. The lowest BCUT2D eigenvalue weighted by molar-refractivity contribution is -0.122. The Morgan fingerprint density at radius 3 is 2.47 bits per heavy atom. The van der Waals surface area contributed by atoms with E-state index in [0.717, 1.165) is 26.3 Å². The van der Waals surface area contributed by atoms with Crippen molar-refractivity contribution in [2.45, 2.75) is 22.8 Å². The normalized spacial score (nSPS) is 20.4. The number of imide groups is 1. The fraction of sp³-hybridized carbons (Fsp3) is 0.148. The predicted molar refractivity (Wildman–Crippen MR) is 149 cm³/mol. The summed E-state index contributed by atoms with van der Waals surface area (Å²) in [6.07, 6.45) is 0. The number of ether oxygens (including phenoxy) is 1. The molecule has 3 heterocycles. The molecule has 3 aromatic carbocycles. The minimum absolute atomic E-state index is 0.256. The molecular formula is C27H17BrClFN2O4S2. The van der Waals surface area contributed by atoms with E-state index in [2.05, 4.69) is 20.9 Å². The van der Waals surface area contributed by atoms with Crippen molar-refractivity contribution in [3.05, 3.63) is 108 Å². The first-order valence-corrected chi connectivity index (χ1v) is 14.4. The van der Waals surface area contributed by atoms with E-state index in [1.807, 2.05) is 24.3 Å². The summed E-state index contributed by atoms with van der Waals surface area (Å²) in [5, 5.41) is 0.421. The number of hydrogen-bond acceptors (Lipinski definition) is 6. The molecule has 2 aliphatic heterocycles. The van der Waals surface area contributed by atoms with Crippen LogP contribution < -0.4 is 14.5 Å². The van der Waals surface area contributed by atoms with Crippen molar-refractivity contribution in [2.75, 3.05) is 4.90 Å². The fourth-order valence-corrected chi connectivity index (χ4v) is 7.84. The number of rotatable bonds is 5. The third kappa shape index (κ3) is 4.49. The van der Waals surface area contributed by atoms with Gasteiger partial charge < -0.3 is 9.72 Å². The van der Waals surface area contributed by atoms with Gasteiger partial charge in [0.05, 0.1) is 16.6 Å². The Hall–Kier alpha value is -2.92. The molecule has 1 fully saturated rings. The standard InChI is InChI=1S/C27H17BrClFN2O4S2/c28-14-3-10-19(36-12-13-1-4-15(29)5-2-13)18(11-14)20-21-23(37-24-22(20)38-27(35)31-24)26(34)32(25(21)33)17-8-6-16(30)7-9-17/h1-11,20-21,23H,12H2,(H,31,35). The maximum absolute atomic E-state index is 13.9. The van der Waals surface area contributed by atoms with Gasteiger partial charge in [0.1, 0.15) is 23.4 Å². The van der Waals surface area contributed by atoms with Gasteiger partial charge in [-0.25, -0.2) is 9.29 Å². The minimum atomic E-state index is -0.788. The number of hydrogen-bond donors (Lipinski definition) is 1. The van der Waals surface area contributed by atoms with Gasteiger partial charge in [-0.2, -0.15) is 0 Å². The summed E-state index contributed by atoms with van der Waals surface area (Å²) in [5.74, 6) is -2.14. The summed E-state index contributed by atoms with van der Waals surface area (Å²) in [7, 11) is 0. The van der Waals surface area contributed by atoms with Gasteiger partial charge in [-0.1, -0.05) is 62.8 Å². The molecule has 3 unspecified atom stereocenters. The lowest BCUT2D eigenvalue weighted by atomic mass is 9.82. The Morgan fingerprint density at radius 1 is 1.00 bits per heavy atom. The summed E-state index contributed by atoms with van der Waals surface area (Å²) < 4.78 is 20.6. The molecule has 192 valence electrons. The second-order valence-electron chi connectivity index (χ2n) is 8.84. The van der Waals surface area contributed by atoms with Crippen LogP contribution in [0.4, 0.5) is 10.1 Å². The van der Waals surface area contributed by atoms with E-state index in [0.29, 0.717) is 31.9 Å². The van der Waals surface area contributed by atoms with Gasteiger partial charge in [-0.05, 0) is 60.2 Å². The van der Waals surface area contributed by atoms with Gasteiger partial charge in [0, 0.05) is 25.9 Å². The number of benzene rings is 3. The summed E-state index contributed by atoms with van der Waals surface area (Å²) in [4.78, 5) is 44.2. The van der Waals surface area contributed by atoms with E-state index in [9.17, 15) is 18.8 Å². The Bertz CT molecular complexity index is 1620. The Morgan fingerprint density at radius 2 is 1.74 bits per heavy atom. The molecule has 3 atom stereocenters. The zero-order valence-corrected chi connectivity index (χ0v) is 23.3. The molecule has 1 saturated heterocycles. The molecular weight excluding hydrogens is 615 g/mol. The van der Waals surface area contributed by atoms with E-state index in [1.165, 1.54) is 36.0 Å². The van der Waals surface area contributed by atoms with Crippen molar-refractivity contribution in [2.24, 2.45) is 5.92 Å². The highest BCUT2D eigenvalue weighted by molar-refractivity contribution is 9.10. The number of thioether (sulfide) groups is 1. The van der Waals surface area contributed by atoms with Crippen LogP contribution in [0.3, 0.4) is 0 Å². The molecule has 0 saturated carbocycles. The van der Waals surface area contributed by atoms with Crippen LogP contribution in [0, 0.1) is 11.7 Å². The molecule has 0 radical (unpaired) electrons. The van der Waals surface area contributed by atoms with E-state index in [4.69, 9.17) is 16.3 Å². The molecule has 6 rings (SSSR count). The lowest BCUT2D eigenvalue weighted by Crippen LogP contribution is -2.32. The van der Waals surface area contributed by atoms with E-state index in [1.54, 1.807) is 18.2 Å². The number of fused-ring (bicyclic) bond motifs is 2. The summed E-state index contributed by atoms with van der Waals surface area (Å²) >= 11 is 11.7. The topological polar surface area (TPSA) is 79.5 Å². The second-order valence-corrected chi connectivity index (χ2v) is 12.4. The number of carbonyl (C=O) groups excluding carboxylic acids is 2. The monoisotopic (exact) mass is 630 g/mol. The SMILES string of the molecule is O=C1C2Sc3[nH]c(=O)sc3C(c3cc(Br)ccc3OCc3ccc(Cl)cc3)C2C(=O)N1c1ccc(F)cc1. The first-order chi connectivity index (χ1) is 18.3. The Labute approximate surface area is 237 Å². The van der Waals surface area contributed by atoms with Gasteiger partial charge in [-0.3, -0.25) is 14.4 Å². The third-order valence-electron chi connectivity index (χ3n) is 6.52. The Kier molecular flexibility index (Phi) is 6.67. The molecule has 0 aliphatic carbocycles. The number of aromatic nitrogens is 1. The van der Waals surface area contributed by atoms with E-state index in [-0.39, 0.29) is 11.5 Å².